The Morgan fingerprint density at radius 2 is 2.00 bits per heavy atom. The standard InChI is InChI=1S/C22H32N2O3Si/c1-22(2,3)28(5,6)27-18-8-7-16(12-18)24-14-15(11-21(23)25)19-13-17(26-4)9-10-20(19)24/h7-10,13-14,16,18H,11-12H2,1-6H3,(H2,23,25)/t16?,18-/m1/s1. The van der Waals surface area contributed by atoms with Crippen molar-refractivity contribution in [3.05, 3.63) is 42.1 Å². The molecule has 5 nitrogen and oxygen atoms in total. The van der Waals surface area contributed by atoms with Crippen molar-refractivity contribution in [1.29, 1.82) is 0 Å². The fraction of sp³-hybridized carbons (Fsp3) is 0.500. The Bertz CT molecular complexity index is 908. The molecule has 0 saturated heterocycles. The van der Waals surface area contributed by atoms with Crippen molar-refractivity contribution in [1.82, 2.24) is 4.57 Å². The topological polar surface area (TPSA) is 66.5 Å². The molecule has 0 aliphatic heterocycles. The van der Waals surface area contributed by atoms with Crippen LogP contribution < -0.4 is 10.5 Å². The third-order valence-electron chi connectivity index (χ3n) is 6.12. The van der Waals surface area contributed by atoms with E-state index in [4.69, 9.17) is 14.9 Å². The fourth-order valence-electron chi connectivity index (χ4n) is 3.53. The summed E-state index contributed by atoms with van der Waals surface area (Å²) in [6.07, 6.45) is 7.71. The Morgan fingerprint density at radius 1 is 1.29 bits per heavy atom. The predicted octanol–water partition coefficient (Wildman–Crippen LogP) is 4.57. The molecule has 152 valence electrons. The van der Waals surface area contributed by atoms with Crippen molar-refractivity contribution in [3.63, 3.8) is 0 Å². The number of carbonyl (C=O) groups excluding carboxylic acids is 1. The molecule has 0 saturated carbocycles. The number of carbonyl (C=O) groups is 1. The van der Waals surface area contributed by atoms with Gasteiger partial charge in [-0.25, -0.2) is 0 Å². The molecule has 6 heteroatoms. The molecule has 1 aromatic heterocycles. The molecule has 1 aliphatic rings. The van der Waals surface area contributed by atoms with Crippen LogP contribution in [-0.4, -0.2) is 32.0 Å². The largest absolute Gasteiger partial charge is 0.497 e. The van der Waals surface area contributed by atoms with Gasteiger partial charge in [0, 0.05) is 23.5 Å². The summed E-state index contributed by atoms with van der Waals surface area (Å²) in [4.78, 5) is 11.6. The van der Waals surface area contributed by atoms with Gasteiger partial charge in [0.25, 0.3) is 0 Å². The molecule has 28 heavy (non-hydrogen) atoms. The van der Waals surface area contributed by atoms with E-state index in [-0.39, 0.29) is 29.5 Å². The number of methoxy groups -OCH3 is 1. The Kier molecular flexibility index (Phi) is 5.47. The van der Waals surface area contributed by atoms with E-state index in [1.807, 2.05) is 12.1 Å². The van der Waals surface area contributed by atoms with Crippen LogP contribution in [0.3, 0.4) is 0 Å². The zero-order chi connectivity index (χ0) is 20.7. The summed E-state index contributed by atoms with van der Waals surface area (Å²) in [5.41, 5.74) is 7.49. The van der Waals surface area contributed by atoms with E-state index in [0.29, 0.717) is 0 Å². The Labute approximate surface area is 168 Å². The number of allylic oxidation sites excluding steroid dienone is 1. The fourth-order valence-corrected chi connectivity index (χ4v) is 4.82. The first kappa shape index (κ1) is 20.7. The van der Waals surface area contributed by atoms with E-state index >= 15 is 0 Å². The summed E-state index contributed by atoms with van der Waals surface area (Å²) in [6, 6.07) is 6.18. The van der Waals surface area contributed by atoms with Crippen molar-refractivity contribution >= 4 is 25.1 Å². The van der Waals surface area contributed by atoms with Gasteiger partial charge in [0.2, 0.25) is 5.91 Å². The lowest BCUT2D eigenvalue weighted by Crippen LogP contribution is -2.43. The van der Waals surface area contributed by atoms with Gasteiger partial charge in [-0.2, -0.15) is 0 Å². The first-order chi connectivity index (χ1) is 13.0. The minimum Gasteiger partial charge on any atom is -0.497 e. The minimum absolute atomic E-state index is 0.126. The van der Waals surface area contributed by atoms with Gasteiger partial charge >= 0.3 is 0 Å². The zero-order valence-corrected chi connectivity index (χ0v) is 18.8. The molecule has 0 radical (unpaired) electrons. The molecule has 1 unspecified atom stereocenters. The maximum absolute atomic E-state index is 11.6. The van der Waals surface area contributed by atoms with Crippen molar-refractivity contribution in [2.24, 2.45) is 5.73 Å². The molecule has 1 heterocycles. The van der Waals surface area contributed by atoms with Crippen LogP contribution in [0.5, 0.6) is 5.75 Å². The molecule has 2 aromatic rings. The van der Waals surface area contributed by atoms with Crippen LogP contribution in [0.15, 0.2) is 36.5 Å². The second kappa shape index (κ2) is 7.41. The number of primary amides is 1. The molecule has 1 aromatic carbocycles. The lowest BCUT2D eigenvalue weighted by molar-refractivity contribution is -0.117. The SMILES string of the molecule is COc1ccc2c(c1)c(CC(N)=O)cn2C1C=C[C@@H](O[Si](C)(C)C(C)(C)C)C1. The average Bonchev–Trinajstić information content (AvgIpc) is 3.17. The molecule has 1 amide bonds. The van der Waals surface area contributed by atoms with Crippen LogP contribution in [0.4, 0.5) is 0 Å². The second-order valence-electron chi connectivity index (χ2n) is 9.19. The van der Waals surface area contributed by atoms with E-state index in [9.17, 15) is 4.79 Å². The number of amides is 1. The number of nitrogens with zero attached hydrogens (tertiary/aromatic N) is 1. The van der Waals surface area contributed by atoms with Crippen LogP contribution in [0, 0.1) is 0 Å². The summed E-state index contributed by atoms with van der Waals surface area (Å²) in [5.74, 6) is 0.444. The first-order valence-corrected chi connectivity index (χ1v) is 12.7. The smallest absolute Gasteiger partial charge is 0.221 e. The average molecular weight is 401 g/mol. The van der Waals surface area contributed by atoms with Crippen LogP contribution in [0.25, 0.3) is 10.9 Å². The zero-order valence-electron chi connectivity index (χ0n) is 17.8. The van der Waals surface area contributed by atoms with Gasteiger partial charge < -0.3 is 19.5 Å². The molecule has 0 bridgehead atoms. The summed E-state index contributed by atoms with van der Waals surface area (Å²) in [5, 5.41) is 1.20. The van der Waals surface area contributed by atoms with E-state index in [1.165, 1.54) is 0 Å². The van der Waals surface area contributed by atoms with Gasteiger partial charge in [0.05, 0.1) is 25.7 Å². The molecule has 3 rings (SSSR count). The number of nitrogens with two attached hydrogens (primary N) is 1. The van der Waals surface area contributed by atoms with Gasteiger partial charge in [-0.1, -0.05) is 32.9 Å². The number of rotatable bonds is 6. The second-order valence-corrected chi connectivity index (χ2v) is 13.9. The first-order valence-electron chi connectivity index (χ1n) is 9.84. The molecule has 1 aliphatic carbocycles. The normalized spacial score (nSPS) is 20.1. The maximum Gasteiger partial charge on any atom is 0.221 e. The number of hydrogen-bond acceptors (Lipinski definition) is 3. The highest BCUT2D eigenvalue weighted by Crippen LogP contribution is 2.40. The van der Waals surface area contributed by atoms with Crippen LogP contribution in [0.1, 0.15) is 38.8 Å². The minimum atomic E-state index is -1.82. The van der Waals surface area contributed by atoms with Crippen molar-refractivity contribution in [2.75, 3.05) is 7.11 Å². The Hall–Kier alpha value is -2.05. The molecule has 2 N–H and O–H groups in total. The van der Waals surface area contributed by atoms with Gasteiger partial charge in [0.15, 0.2) is 8.32 Å². The van der Waals surface area contributed by atoms with Crippen molar-refractivity contribution in [3.8, 4) is 5.75 Å². The van der Waals surface area contributed by atoms with Gasteiger partial charge in [-0.15, -0.1) is 0 Å². The molecule has 2 atom stereocenters. The number of ether oxygens (including phenoxy) is 1. The Balaban J connectivity index is 1.88. The van der Waals surface area contributed by atoms with Crippen molar-refractivity contribution < 1.29 is 14.0 Å². The van der Waals surface area contributed by atoms with Gasteiger partial charge in [0.1, 0.15) is 5.75 Å². The van der Waals surface area contributed by atoms with E-state index < -0.39 is 8.32 Å². The summed E-state index contributed by atoms with van der Waals surface area (Å²) in [6.45, 7) is 11.4. The highest BCUT2D eigenvalue weighted by atomic mass is 28.4. The van der Waals surface area contributed by atoms with Crippen molar-refractivity contribution in [2.45, 2.75) is 63.9 Å². The molecular weight excluding hydrogens is 368 g/mol. The highest BCUT2D eigenvalue weighted by Gasteiger charge is 2.40. The molecule has 0 fully saturated rings. The van der Waals surface area contributed by atoms with Crippen LogP contribution in [-0.2, 0) is 15.6 Å². The van der Waals surface area contributed by atoms with Crippen LogP contribution in [0.2, 0.25) is 18.1 Å². The highest BCUT2D eigenvalue weighted by molar-refractivity contribution is 6.74. The Morgan fingerprint density at radius 3 is 2.61 bits per heavy atom. The van der Waals surface area contributed by atoms with Crippen LogP contribution >= 0.6 is 0 Å². The lowest BCUT2D eigenvalue weighted by Gasteiger charge is -2.38. The third-order valence-corrected chi connectivity index (χ3v) is 10.6. The molecule has 0 spiro atoms. The molecular formula is C22H32N2O3Si. The third kappa shape index (κ3) is 4.03. The maximum atomic E-state index is 11.6. The summed E-state index contributed by atoms with van der Waals surface area (Å²) in [7, 11) is -0.174. The predicted molar refractivity (Wildman–Crippen MR) is 116 cm³/mol. The monoisotopic (exact) mass is 400 g/mol. The van der Waals surface area contributed by atoms with Gasteiger partial charge in [-0.3, -0.25) is 4.79 Å². The quantitative estimate of drug-likeness (QED) is 0.570. The van der Waals surface area contributed by atoms with E-state index in [2.05, 4.69) is 62.8 Å². The number of aromatic nitrogens is 1. The van der Waals surface area contributed by atoms with E-state index in [0.717, 1.165) is 28.6 Å². The van der Waals surface area contributed by atoms with Gasteiger partial charge in [-0.05, 0) is 41.9 Å². The van der Waals surface area contributed by atoms with E-state index in [1.54, 1.807) is 7.11 Å². The summed E-state index contributed by atoms with van der Waals surface area (Å²) >= 11 is 0. The summed E-state index contributed by atoms with van der Waals surface area (Å²) < 4.78 is 14.2. The number of benzene rings is 1. The number of hydrogen-bond donors (Lipinski definition) is 1. The number of fused-ring (bicyclic) bond motifs is 1. The lowest BCUT2D eigenvalue weighted by atomic mass is 10.1.